The van der Waals surface area contributed by atoms with Crippen molar-refractivity contribution >= 4 is 23.3 Å². The first kappa shape index (κ1) is 13.1. The predicted molar refractivity (Wildman–Crippen MR) is 71.7 cm³/mol. The highest BCUT2D eigenvalue weighted by molar-refractivity contribution is 6.33. The summed E-state index contributed by atoms with van der Waals surface area (Å²) in [6.07, 6.45) is 0. The fourth-order valence-electron chi connectivity index (χ4n) is 1.99. The fraction of sp³-hybridized carbons (Fsp3) is 0.500. The van der Waals surface area contributed by atoms with E-state index in [2.05, 4.69) is 23.9 Å². The number of likely N-dealkylation sites (N-methyl/N-ethyl adjacent to an activating group) is 1. The van der Waals surface area contributed by atoms with Crippen LogP contribution in [0.5, 0.6) is 0 Å². The first-order chi connectivity index (χ1) is 8.49. The molecule has 1 aromatic heterocycles. The lowest BCUT2D eigenvalue weighted by molar-refractivity contribution is 0.0567. The molecule has 0 aromatic carbocycles. The lowest BCUT2D eigenvalue weighted by Crippen LogP contribution is -2.52. The van der Waals surface area contributed by atoms with Crippen molar-refractivity contribution in [1.29, 1.82) is 0 Å². The summed E-state index contributed by atoms with van der Waals surface area (Å²) in [5.74, 6) is 0.164. The number of hydrogen-bond donors (Lipinski definition) is 1. The molecule has 1 amide bonds. The van der Waals surface area contributed by atoms with Gasteiger partial charge in [0, 0.05) is 25.7 Å². The van der Waals surface area contributed by atoms with E-state index in [1.165, 1.54) is 0 Å². The van der Waals surface area contributed by atoms with Crippen LogP contribution in [0, 0.1) is 0 Å². The Hall–Kier alpha value is -1.33. The zero-order valence-electron chi connectivity index (χ0n) is 10.6. The second-order valence-corrected chi connectivity index (χ2v) is 5.05. The van der Waals surface area contributed by atoms with Gasteiger partial charge in [-0.05, 0) is 26.1 Å². The van der Waals surface area contributed by atoms with E-state index >= 15 is 0 Å². The summed E-state index contributed by atoms with van der Waals surface area (Å²) >= 11 is 6.00. The van der Waals surface area contributed by atoms with E-state index in [9.17, 15) is 4.79 Å². The molecule has 2 N–H and O–H groups in total. The van der Waals surface area contributed by atoms with Crippen molar-refractivity contribution in [3.8, 4) is 0 Å². The number of carbonyl (C=O) groups is 1. The number of pyridine rings is 1. The third-order valence-corrected chi connectivity index (χ3v) is 3.62. The summed E-state index contributed by atoms with van der Waals surface area (Å²) in [5.41, 5.74) is 5.84. The SMILES string of the molecule is CC1CN(C(=O)c2nc(N)ccc2Cl)CCN1C. The largest absolute Gasteiger partial charge is 0.384 e. The molecule has 1 atom stereocenters. The van der Waals surface area contributed by atoms with Crippen molar-refractivity contribution in [1.82, 2.24) is 14.8 Å². The number of rotatable bonds is 1. The van der Waals surface area contributed by atoms with Crippen molar-refractivity contribution in [2.45, 2.75) is 13.0 Å². The van der Waals surface area contributed by atoms with Gasteiger partial charge in [-0.3, -0.25) is 4.79 Å². The summed E-state index contributed by atoms with van der Waals surface area (Å²) in [7, 11) is 2.05. The predicted octanol–water partition coefficient (Wildman–Crippen LogP) is 1.09. The van der Waals surface area contributed by atoms with Crippen LogP contribution >= 0.6 is 11.6 Å². The molecule has 0 spiro atoms. The van der Waals surface area contributed by atoms with Crippen LogP contribution < -0.4 is 5.73 Å². The summed E-state index contributed by atoms with van der Waals surface area (Å²) in [6, 6.07) is 3.53. The minimum Gasteiger partial charge on any atom is -0.384 e. The van der Waals surface area contributed by atoms with Crippen molar-refractivity contribution < 1.29 is 4.79 Å². The second-order valence-electron chi connectivity index (χ2n) is 4.65. The van der Waals surface area contributed by atoms with Gasteiger partial charge < -0.3 is 15.5 Å². The van der Waals surface area contributed by atoms with Gasteiger partial charge in [-0.2, -0.15) is 0 Å². The van der Waals surface area contributed by atoms with E-state index < -0.39 is 0 Å². The summed E-state index contributed by atoms with van der Waals surface area (Å²) < 4.78 is 0. The van der Waals surface area contributed by atoms with Gasteiger partial charge in [-0.1, -0.05) is 11.6 Å². The number of anilines is 1. The first-order valence-corrected chi connectivity index (χ1v) is 6.28. The smallest absolute Gasteiger partial charge is 0.274 e. The summed E-state index contributed by atoms with van der Waals surface area (Å²) in [4.78, 5) is 20.4. The van der Waals surface area contributed by atoms with E-state index in [0.717, 1.165) is 6.54 Å². The van der Waals surface area contributed by atoms with Gasteiger partial charge in [0.2, 0.25) is 0 Å². The van der Waals surface area contributed by atoms with Crippen LogP contribution in [0.1, 0.15) is 17.4 Å². The number of nitrogens with zero attached hydrogens (tertiary/aromatic N) is 3. The molecule has 5 nitrogen and oxygen atoms in total. The number of aromatic nitrogens is 1. The third-order valence-electron chi connectivity index (χ3n) is 3.32. The van der Waals surface area contributed by atoms with E-state index in [1.807, 2.05) is 0 Å². The monoisotopic (exact) mass is 268 g/mol. The Morgan fingerprint density at radius 1 is 1.50 bits per heavy atom. The van der Waals surface area contributed by atoms with Gasteiger partial charge in [-0.15, -0.1) is 0 Å². The van der Waals surface area contributed by atoms with Crippen LogP contribution in [-0.2, 0) is 0 Å². The average molecular weight is 269 g/mol. The molecule has 1 unspecified atom stereocenters. The molecule has 1 aliphatic heterocycles. The molecule has 18 heavy (non-hydrogen) atoms. The van der Waals surface area contributed by atoms with Gasteiger partial charge >= 0.3 is 0 Å². The molecular formula is C12H17ClN4O. The quantitative estimate of drug-likeness (QED) is 0.828. The van der Waals surface area contributed by atoms with E-state index in [-0.39, 0.29) is 11.6 Å². The van der Waals surface area contributed by atoms with Crippen LogP contribution in [0.15, 0.2) is 12.1 Å². The topological polar surface area (TPSA) is 62.5 Å². The number of piperazine rings is 1. The van der Waals surface area contributed by atoms with Crippen LogP contribution in [0.25, 0.3) is 0 Å². The molecule has 1 aromatic rings. The number of nitrogens with two attached hydrogens (primary N) is 1. The maximum atomic E-state index is 12.3. The molecular weight excluding hydrogens is 252 g/mol. The Kier molecular flexibility index (Phi) is 3.73. The minimum atomic E-state index is -0.146. The van der Waals surface area contributed by atoms with E-state index in [4.69, 9.17) is 17.3 Å². The van der Waals surface area contributed by atoms with E-state index in [1.54, 1.807) is 17.0 Å². The van der Waals surface area contributed by atoms with Gasteiger partial charge in [-0.25, -0.2) is 4.98 Å². The lowest BCUT2D eigenvalue weighted by atomic mass is 10.2. The van der Waals surface area contributed by atoms with Gasteiger partial charge in [0.1, 0.15) is 11.5 Å². The van der Waals surface area contributed by atoms with Crippen molar-refractivity contribution in [2.24, 2.45) is 0 Å². The Labute approximate surface area is 112 Å². The number of nitrogen functional groups attached to an aromatic ring is 1. The number of halogens is 1. The Balaban J connectivity index is 2.19. The minimum absolute atomic E-state index is 0.146. The van der Waals surface area contributed by atoms with Gasteiger partial charge in [0.05, 0.1) is 5.02 Å². The van der Waals surface area contributed by atoms with Crippen molar-refractivity contribution in [3.05, 3.63) is 22.8 Å². The Morgan fingerprint density at radius 2 is 2.22 bits per heavy atom. The number of hydrogen-bond acceptors (Lipinski definition) is 4. The second kappa shape index (κ2) is 5.12. The molecule has 2 heterocycles. The highest BCUT2D eigenvalue weighted by Gasteiger charge is 2.27. The number of amides is 1. The highest BCUT2D eigenvalue weighted by atomic mass is 35.5. The molecule has 6 heteroatoms. The third kappa shape index (κ3) is 2.57. The molecule has 0 aliphatic carbocycles. The summed E-state index contributed by atoms with van der Waals surface area (Å²) in [6.45, 7) is 4.31. The number of carbonyl (C=O) groups excluding carboxylic acids is 1. The maximum Gasteiger partial charge on any atom is 0.274 e. The molecule has 1 fully saturated rings. The van der Waals surface area contributed by atoms with Crippen LogP contribution in [0.2, 0.25) is 5.02 Å². The lowest BCUT2D eigenvalue weighted by Gasteiger charge is -2.37. The zero-order chi connectivity index (χ0) is 13.3. The Bertz CT molecular complexity index is 465. The normalized spacial score (nSPS) is 21.1. The van der Waals surface area contributed by atoms with Crippen LogP contribution in [0.4, 0.5) is 5.82 Å². The molecule has 1 aliphatic rings. The molecule has 1 saturated heterocycles. The Morgan fingerprint density at radius 3 is 2.89 bits per heavy atom. The van der Waals surface area contributed by atoms with Crippen LogP contribution in [-0.4, -0.2) is 53.4 Å². The van der Waals surface area contributed by atoms with Crippen molar-refractivity contribution in [3.63, 3.8) is 0 Å². The van der Waals surface area contributed by atoms with E-state index in [0.29, 0.717) is 30.0 Å². The maximum absolute atomic E-state index is 12.3. The van der Waals surface area contributed by atoms with Gasteiger partial charge in [0.15, 0.2) is 0 Å². The van der Waals surface area contributed by atoms with Crippen molar-refractivity contribution in [2.75, 3.05) is 32.4 Å². The molecule has 0 radical (unpaired) electrons. The standard InChI is InChI=1S/C12H17ClN4O/c1-8-7-17(6-5-16(8)2)12(18)11-9(13)3-4-10(14)15-11/h3-4,8H,5-7H2,1-2H3,(H2,14,15). The fourth-order valence-corrected chi connectivity index (χ4v) is 2.18. The summed E-state index contributed by atoms with van der Waals surface area (Å²) in [5, 5.41) is 0.348. The zero-order valence-corrected chi connectivity index (χ0v) is 11.3. The van der Waals surface area contributed by atoms with Gasteiger partial charge in [0.25, 0.3) is 5.91 Å². The molecule has 0 saturated carbocycles. The molecule has 2 rings (SSSR count). The first-order valence-electron chi connectivity index (χ1n) is 5.90. The van der Waals surface area contributed by atoms with Crippen LogP contribution in [0.3, 0.4) is 0 Å². The highest BCUT2D eigenvalue weighted by Crippen LogP contribution is 2.18. The molecule has 98 valence electrons. The average Bonchev–Trinajstić information content (AvgIpc) is 2.35. The molecule has 0 bridgehead atoms.